The Hall–Kier alpha value is -2.54. The van der Waals surface area contributed by atoms with Crippen molar-refractivity contribution in [2.75, 3.05) is 28.4 Å². The second kappa shape index (κ2) is 22.5. The van der Waals surface area contributed by atoms with Crippen molar-refractivity contribution in [1.82, 2.24) is 0 Å². The SMILES string of the molecule is CO[C@@H]1[C@@H](O)[C@H](O[C@H]2[C@@H](OC)C[C@H](O[C@H]3[C@@H](OC)C[C@H](O[C@H]4[C@@H](OC)C[C@H](O[C@H]5CC[C@@]6(C)C(=CC[C@]7(O)[C@@H]6C[C@@H](OC(=O)c6ccccc6)[C@]6(C)[C@H](C(C)=O)CC[C@@]67O)C5)O[C@@H]4C)O[C@@H]3C)O[C@@H]2C)O[C@H](C)[C@H]1O. The topological polar surface area (TPSA) is 235 Å². The summed E-state index contributed by atoms with van der Waals surface area (Å²) in [6, 6.07) is 8.76. The molecule has 0 radical (unpaired) electrons. The lowest BCUT2D eigenvalue weighted by Crippen LogP contribution is -2.75. The van der Waals surface area contributed by atoms with Crippen LogP contribution in [0.5, 0.6) is 0 Å². The summed E-state index contributed by atoms with van der Waals surface area (Å²) in [7, 11) is 6.27. The average Bonchev–Trinajstić information content (AvgIpc) is 3.69. The molecule has 4 heterocycles. The van der Waals surface area contributed by atoms with Crippen LogP contribution in [0.25, 0.3) is 0 Å². The Morgan fingerprint density at radius 1 is 0.640 bits per heavy atom. The van der Waals surface area contributed by atoms with E-state index in [0.717, 1.165) is 5.57 Å². The molecule has 3 saturated carbocycles. The predicted molar refractivity (Wildman–Crippen MR) is 266 cm³/mol. The van der Waals surface area contributed by atoms with Gasteiger partial charge in [0.1, 0.15) is 59.7 Å². The zero-order valence-electron chi connectivity index (χ0n) is 45.6. The van der Waals surface area contributed by atoms with Gasteiger partial charge in [-0.05, 0) is 97.1 Å². The first-order valence-corrected chi connectivity index (χ1v) is 27.3. The van der Waals surface area contributed by atoms with Crippen LogP contribution in [0.4, 0.5) is 0 Å². The highest BCUT2D eigenvalue weighted by Crippen LogP contribution is 2.70. The number of methoxy groups -OCH3 is 4. The van der Waals surface area contributed by atoms with Crippen molar-refractivity contribution in [3.05, 3.63) is 47.5 Å². The number of hydrogen-bond acceptors (Lipinski definition) is 19. The molecule has 4 aliphatic heterocycles. The van der Waals surface area contributed by atoms with Gasteiger partial charge < -0.3 is 82.0 Å². The van der Waals surface area contributed by atoms with E-state index in [9.17, 15) is 30.0 Å². The molecular formula is C56H84O19. The highest BCUT2D eigenvalue weighted by Gasteiger charge is 2.77. The van der Waals surface area contributed by atoms with Crippen LogP contribution < -0.4 is 0 Å². The fourth-order valence-corrected chi connectivity index (χ4v) is 15.0. The molecule has 19 nitrogen and oxygen atoms in total. The first-order chi connectivity index (χ1) is 35.6. The number of carbonyl (C=O) groups excluding carboxylic acids is 2. The Morgan fingerprint density at radius 2 is 1.19 bits per heavy atom. The lowest BCUT2D eigenvalue weighted by Gasteiger charge is -2.66. The van der Waals surface area contributed by atoms with Crippen molar-refractivity contribution >= 4 is 11.8 Å². The fourth-order valence-electron chi connectivity index (χ4n) is 15.0. The van der Waals surface area contributed by atoms with Crippen LogP contribution in [0.1, 0.15) is 123 Å². The third kappa shape index (κ3) is 10.2. The lowest BCUT2D eigenvalue weighted by atomic mass is 9.43. The zero-order chi connectivity index (χ0) is 53.9. The van der Waals surface area contributed by atoms with E-state index in [-0.39, 0.29) is 24.7 Å². The van der Waals surface area contributed by atoms with E-state index in [1.54, 1.807) is 52.5 Å². The first kappa shape index (κ1) is 57.2. The molecule has 0 spiro atoms. The maximum absolute atomic E-state index is 13.7. The number of benzene rings is 1. The summed E-state index contributed by atoms with van der Waals surface area (Å²) in [5.74, 6) is -1.65. The molecule has 1 aromatic rings. The number of ketones is 1. The van der Waals surface area contributed by atoms with Crippen molar-refractivity contribution in [3.8, 4) is 0 Å². The summed E-state index contributed by atoms with van der Waals surface area (Å²) in [6.07, 6.45) is -6.10. The van der Waals surface area contributed by atoms with E-state index in [0.29, 0.717) is 56.9 Å². The van der Waals surface area contributed by atoms with Crippen LogP contribution in [0.2, 0.25) is 0 Å². The van der Waals surface area contributed by atoms with Gasteiger partial charge in [-0.2, -0.15) is 0 Å². The maximum Gasteiger partial charge on any atom is 0.338 e. The monoisotopic (exact) mass is 1060 g/mol. The van der Waals surface area contributed by atoms with E-state index in [1.165, 1.54) is 14.0 Å². The molecule has 25 atom stereocenters. The Morgan fingerprint density at radius 3 is 1.72 bits per heavy atom. The third-order valence-electron chi connectivity index (χ3n) is 19.2. The summed E-state index contributed by atoms with van der Waals surface area (Å²) in [4.78, 5) is 27.0. The van der Waals surface area contributed by atoms with Crippen LogP contribution in [0.3, 0.4) is 0 Å². The van der Waals surface area contributed by atoms with E-state index >= 15 is 0 Å². The molecule has 422 valence electrons. The second-order valence-electron chi connectivity index (χ2n) is 23.2. The minimum Gasteiger partial charge on any atom is -0.458 e. The quantitative estimate of drug-likeness (QED) is 0.138. The molecule has 0 aromatic heterocycles. The Balaban J connectivity index is 0.804. The van der Waals surface area contributed by atoms with Crippen molar-refractivity contribution < 1.29 is 91.6 Å². The Kier molecular flexibility index (Phi) is 17.2. The number of rotatable bonds is 15. The highest BCUT2D eigenvalue weighted by atomic mass is 16.8. The number of carbonyl (C=O) groups is 2. The fraction of sp³-hybridized carbons (Fsp3) is 0.821. The molecule has 4 saturated heterocycles. The van der Waals surface area contributed by atoms with Gasteiger partial charge in [0.15, 0.2) is 25.2 Å². The second-order valence-corrected chi connectivity index (χ2v) is 23.2. The molecule has 8 aliphatic rings. The van der Waals surface area contributed by atoms with Crippen LogP contribution in [0, 0.1) is 22.7 Å². The van der Waals surface area contributed by atoms with Gasteiger partial charge in [-0.25, -0.2) is 4.79 Å². The highest BCUT2D eigenvalue weighted by molar-refractivity contribution is 5.89. The van der Waals surface area contributed by atoms with Gasteiger partial charge >= 0.3 is 5.97 Å². The molecule has 75 heavy (non-hydrogen) atoms. The molecule has 1 aromatic carbocycles. The minimum atomic E-state index is -1.68. The van der Waals surface area contributed by atoms with Gasteiger partial charge in [0, 0.05) is 65.0 Å². The summed E-state index contributed by atoms with van der Waals surface area (Å²) in [5, 5.41) is 47.3. The van der Waals surface area contributed by atoms with Gasteiger partial charge in [-0.1, -0.05) is 43.7 Å². The van der Waals surface area contributed by atoms with Crippen LogP contribution in [-0.2, 0) is 66.4 Å². The molecule has 0 amide bonds. The summed E-state index contributed by atoms with van der Waals surface area (Å²) >= 11 is 0. The summed E-state index contributed by atoms with van der Waals surface area (Å²) in [6.45, 7) is 12.9. The molecule has 19 heteroatoms. The normalized spacial score (nSPS) is 48.9. The number of fused-ring (bicyclic) bond motifs is 5. The van der Waals surface area contributed by atoms with Crippen molar-refractivity contribution in [1.29, 1.82) is 0 Å². The van der Waals surface area contributed by atoms with E-state index < -0.39 is 150 Å². The Bertz CT molecular complexity index is 2170. The predicted octanol–water partition coefficient (Wildman–Crippen LogP) is 4.69. The maximum atomic E-state index is 13.7. The third-order valence-corrected chi connectivity index (χ3v) is 19.2. The number of ether oxygens (including phenoxy) is 13. The van der Waals surface area contributed by atoms with Crippen molar-refractivity contribution in [2.24, 2.45) is 22.7 Å². The average molecular weight is 1060 g/mol. The van der Waals surface area contributed by atoms with Gasteiger partial charge in [0.25, 0.3) is 0 Å². The number of esters is 1. The smallest absolute Gasteiger partial charge is 0.338 e. The molecule has 4 aliphatic carbocycles. The van der Waals surface area contributed by atoms with Gasteiger partial charge in [0.05, 0.1) is 54.4 Å². The number of hydrogen-bond donors (Lipinski definition) is 4. The van der Waals surface area contributed by atoms with E-state index in [4.69, 9.17) is 61.6 Å². The van der Waals surface area contributed by atoms with Crippen molar-refractivity contribution in [3.63, 3.8) is 0 Å². The van der Waals surface area contributed by atoms with E-state index in [2.05, 4.69) is 13.0 Å². The zero-order valence-corrected chi connectivity index (χ0v) is 45.6. The summed E-state index contributed by atoms with van der Waals surface area (Å²) < 4.78 is 81.2. The molecule has 4 N–H and O–H groups in total. The van der Waals surface area contributed by atoms with Crippen LogP contribution in [0.15, 0.2) is 42.0 Å². The molecule has 0 unspecified atom stereocenters. The van der Waals surface area contributed by atoms with Crippen LogP contribution in [-0.4, -0.2) is 189 Å². The number of Topliss-reactive ketones (excluding diaryl/α,β-unsaturated/α-hetero) is 1. The van der Waals surface area contributed by atoms with Gasteiger partial charge in [0.2, 0.25) is 0 Å². The van der Waals surface area contributed by atoms with Gasteiger partial charge in [-0.3, -0.25) is 4.79 Å². The molecular weight excluding hydrogens is 977 g/mol. The number of aliphatic hydroxyl groups excluding tert-OH is 2. The molecule has 9 rings (SSSR count). The lowest BCUT2D eigenvalue weighted by molar-refractivity contribution is -0.355. The standard InChI is InChI=1S/C56H84O19/c1-28(57)36-19-22-56(62)54(36,7)41(72-51(60)33-15-13-12-14-16-33)27-40-53(6)20-18-35(23-34(53)17-21-55(40,56)61)71-42-24-37(63-8)47(30(3)67-42)73-43-25-38(64-9)48(31(4)68-43)74-44-26-39(65-10)49(32(5)69-44)75-52-46(59)50(66-11)45(58)29(2)70-52/h12-17,29-32,35-50,52,58-59,61-62H,18-27H2,1-11H3/t29-,30-,31-,32-,35+,36+,37+,38+,39+,40-,41-,42+,43+,44+,45-,46-,47-,48-,49-,50+,52+,53+,54+,55+,56-/m1/s1. The van der Waals surface area contributed by atoms with Crippen molar-refractivity contribution in [2.45, 2.75) is 241 Å². The molecule has 0 bridgehead atoms. The summed E-state index contributed by atoms with van der Waals surface area (Å²) in [5.41, 5.74) is -3.46. The largest absolute Gasteiger partial charge is 0.458 e. The minimum absolute atomic E-state index is 0.0872. The van der Waals surface area contributed by atoms with E-state index in [1.807, 2.05) is 33.8 Å². The molecule has 7 fully saturated rings. The number of aliphatic hydroxyl groups is 4. The Labute approximate surface area is 441 Å². The van der Waals surface area contributed by atoms with Crippen LogP contribution >= 0.6 is 0 Å². The van der Waals surface area contributed by atoms with Gasteiger partial charge in [-0.15, -0.1) is 0 Å². The first-order valence-electron chi connectivity index (χ1n) is 27.3.